The molecule has 0 rings (SSSR count). The summed E-state index contributed by atoms with van der Waals surface area (Å²) < 4.78 is 0. The SMILES string of the molecule is CCCN(CC(=O)NCC(C)C)CC(N)=S. The Balaban J connectivity index is 3.97. The highest BCUT2D eigenvalue weighted by molar-refractivity contribution is 7.80. The molecule has 3 N–H and O–H groups in total. The predicted molar refractivity (Wildman–Crippen MR) is 71.4 cm³/mol. The van der Waals surface area contributed by atoms with E-state index in [1.165, 1.54) is 0 Å². The first kappa shape index (κ1) is 15.3. The molecule has 0 aromatic rings. The number of rotatable bonds is 8. The molecule has 0 aliphatic carbocycles. The summed E-state index contributed by atoms with van der Waals surface area (Å²) in [4.78, 5) is 14.0. The van der Waals surface area contributed by atoms with E-state index in [4.69, 9.17) is 18.0 Å². The maximum atomic E-state index is 11.6. The zero-order valence-corrected chi connectivity index (χ0v) is 11.3. The minimum Gasteiger partial charge on any atom is -0.392 e. The topological polar surface area (TPSA) is 58.4 Å². The lowest BCUT2D eigenvalue weighted by Crippen LogP contribution is -2.42. The van der Waals surface area contributed by atoms with Crippen LogP contribution in [0.4, 0.5) is 0 Å². The molecule has 16 heavy (non-hydrogen) atoms. The van der Waals surface area contributed by atoms with E-state index < -0.39 is 0 Å². The lowest BCUT2D eigenvalue weighted by atomic mass is 10.2. The van der Waals surface area contributed by atoms with Crippen molar-refractivity contribution in [2.75, 3.05) is 26.2 Å². The Labute approximate surface area is 104 Å². The zero-order valence-electron chi connectivity index (χ0n) is 10.5. The van der Waals surface area contributed by atoms with Crippen LogP contribution in [0, 0.1) is 5.92 Å². The molecule has 0 fully saturated rings. The Morgan fingerprint density at radius 3 is 2.50 bits per heavy atom. The van der Waals surface area contributed by atoms with Crippen molar-refractivity contribution < 1.29 is 4.79 Å². The maximum Gasteiger partial charge on any atom is 0.234 e. The molecule has 0 aliphatic heterocycles. The normalized spacial score (nSPS) is 10.8. The van der Waals surface area contributed by atoms with Gasteiger partial charge < -0.3 is 11.1 Å². The molecule has 0 unspecified atom stereocenters. The summed E-state index contributed by atoms with van der Waals surface area (Å²) in [5.41, 5.74) is 5.48. The highest BCUT2D eigenvalue weighted by Crippen LogP contribution is 1.92. The van der Waals surface area contributed by atoms with Crippen molar-refractivity contribution >= 4 is 23.1 Å². The number of nitrogens with two attached hydrogens (primary N) is 1. The first-order valence-electron chi connectivity index (χ1n) is 5.73. The summed E-state index contributed by atoms with van der Waals surface area (Å²) >= 11 is 4.85. The largest absolute Gasteiger partial charge is 0.392 e. The Morgan fingerprint density at radius 1 is 1.44 bits per heavy atom. The van der Waals surface area contributed by atoms with Crippen molar-refractivity contribution in [1.82, 2.24) is 10.2 Å². The van der Waals surface area contributed by atoms with Crippen LogP contribution < -0.4 is 11.1 Å². The van der Waals surface area contributed by atoms with Crippen LogP contribution in [0.15, 0.2) is 0 Å². The molecule has 0 aromatic carbocycles. The van der Waals surface area contributed by atoms with Crippen LogP contribution >= 0.6 is 12.2 Å². The van der Waals surface area contributed by atoms with E-state index in [1.54, 1.807) is 0 Å². The Kier molecular flexibility index (Phi) is 8.11. The fourth-order valence-electron chi connectivity index (χ4n) is 1.33. The summed E-state index contributed by atoms with van der Waals surface area (Å²) in [6.07, 6.45) is 0.986. The molecule has 0 radical (unpaired) electrons. The maximum absolute atomic E-state index is 11.6. The van der Waals surface area contributed by atoms with Gasteiger partial charge in [0.25, 0.3) is 0 Å². The Hall–Kier alpha value is -0.680. The molecule has 94 valence electrons. The van der Waals surface area contributed by atoms with Gasteiger partial charge in [-0.1, -0.05) is 33.0 Å². The third-order valence-corrected chi connectivity index (χ3v) is 2.12. The Morgan fingerprint density at radius 2 is 2.06 bits per heavy atom. The Bertz CT molecular complexity index is 231. The highest BCUT2D eigenvalue weighted by atomic mass is 32.1. The van der Waals surface area contributed by atoms with E-state index in [0.29, 0.717) is 30.5 Å². The van der Waals surface area contributed by atoms with Crippen LogP contribution in [0.3, 0.4) is 0 Å². The summed E-state index contributed by atoms with van der Waals surface area (Å²) in [6.45, 7) is 8.64. The molecule has 0 spiro atoms. The van der Waals surface area contributed by atoms with E-state index in [0.717, 1.165) is 13.0 Å². The molecule has 0 heterocycles. The molecule has 0 bridgehead atoms. The van der Waals surface area contributed by atoms with E-state index in [1.807, 2.05) is 4.90 Å². The van der Waals surface area contributed by atoms with E-state index >= 15 is 0 Å². The molecule has 0 aliphatic rings. The number of carbonyl (C=O) groups excluding carboxylic acids is 1. The summed E-state index contributed by atoms with van der Waals surface area (Å²) in [7, 11) is 0. The van der Waals surface area contributed by atoms with Crippen molar-refractivity contribution in [2.24, 2.45) is 11.7 Å². The lowest BCUT2D eigenvalue weighted by molar-refractivity contribution is -0.122. The van der Waals surface area contributed by atoms with Crippen molar-refractivity contribution in [3.8, 4) is 0 Å². The molecule has 0 aromatic heterocycles. The van der Waals surface area contributed by atoms with Gasteiger partial charge in [0.1, 0.15) is 0 Å². The molecule has 5 heteroatoms. The molecule has 0 atom stereocenters. The van der Waals surface area contributed by atoms with Crippen molar-refractivity contribution in [1.29, 1.82) is 0 Å². The first-order chi connectivity index (χ1) is 7.45. The molecule has 1 amide bonds. The third kappa shape index (κ3) is 8.61. The van der Waals surface area contributed by atoms with Crippen LogP contribution in [0.5, 0.6) is 0 Å². The van der Waals surface area contributed by atoms with Gasteiger partial charge in [-0.25, -0.2) is 0 Å². The number of nitrogens with one attached hydrogen (secondary N) is 1. The van der Waals surface area contributed by atoms with Gasteiger partial charge in [0.15, 0.2) is 0 Å². The number of carbonyl (C=O) groups is 1. The van der Waals surface area contributed by atoms with Gasteiger partial charge >= 0.3 is 0 Å². The van der Waals surface area contributed by atoms with Gasteiger partial charge in [-0.2, -0.15) is 0 Å². The summed E-state index contributed by atoms with van der Waals surface area (Å²) in [5.74, 6) is 0.512. The number of nitrogens with zero attached hydrogens (tertiary/aromatic N) is 1. The average molecular weight is 245 g/mol. The van der Waals surface area contributed by atoms with E-state index in [-0.39, 0.29) is 5.91 Å². The number of thiocarbonyl (C=S) groups is 1. The zero-order chi connectivity index (χ0) is 12.6. The van der Waals surface area contributed by atoms with Gasteiger partial charge in [-0.15, -0.1) is 0 Å². The fourth-order valence-corrected chi connectivity index (χ4v) is 1.51. The van der Waals surface area contributed by atoms with Gasteiger partial charge in [-0.05, 0) is 18.9 Å². The van der Waals surface area contributed by atoms with Crippen molar-refractivity contribution in [3.05, 3.63) is 0 Å². The number of hydrogen-bond acceptors (Lipinski definition) is 3. The second kappa shape index (κ2) is 8.47. The van der Waals surface area contributed by atoms with Crippen LogP contribution in [0.1, 0.15) is 27.2 Å². The van der Waals surface area contributed by atoms with E-state index in [2.05, 4.69) is 26.1 Å². The minimum absolute atomic E-state index is 0.0402. The highest BCUT2D eigenvalue weighted by Gasteiger charge is 2.10. The quantitative estimate of drug-likeness (QED) is 0.620. The van der Waals surface area contributed by atoms with Crippen LogP contribution in [0.25, 0.3) is 0 Å². The van der Waals surface area contributed by atoms with Gasteiger partial charge in [0, 0.05) is 13.1 Å². The summed E-state index contributed by atoms with van der Waals surface area (Å²) in [6, 6.07) is 0. The van der Waals surface area contributed by atoms with Crippen LogP contribution in [-0.4, -0.2) is 42.0 Å². The first-order valence-corrected chi connectivity index (χ1v) is 6.13. The van der Waals surface area contributed by atoms with E-state index in [9.17, 15) is 4.79 Å². The van der Waals surface area contributed by atoms with Crippen LogP contribution in [-0.2, 0) is 4.79 Å². The molecule has 0 saturated carbocycles. The third-order valence-electron chi connectivity index (χ3n) is 1.99. The molecular weight excluding hydrogens is 222 g/mol. The molecular formula is C11H23N3OS. The predicted octanol–water partition coefficient (Wildman–Crippen LogP) is 0.757. The average Bonchev–Trinajstić information content (AvgIpc) is 2.14. The van der Waals surface area contributed by atoms with Gasteiger partial charge in [0.05, 0.1) is 11.5 Å². The fraction of sp³-hybridized carbons (Fsp3) is 0.818. The van der Waals surface area contributed by atoms with Crippen molar-refractivity contribution in [3.63, 3.8) is 0 Å². The monoisotopic (exact) mass is 245 g/mol. The molecule has 4 nitrogen and oxygen atoms in total. The minimum atomic E-state index is 0.0402. The summed E-state index contributed by atoms with van der Waals surface area (Å²) in [5, 5.41) is 2.88. The van der Waals surface area contributed by atoms with Crippen molar-refractivity contribution in [2.45, 2.75) is 27.2 Å². The lowest BCUT2D eigenvalue weighted by Gasteiger charge is -2.20. The van der Waals surface area contributed by atoms with Crippen LogP contribution in [0.2, 0.25) is 0 Å². The standard InChI is InChI=1S/C11H23N3OS/c1-4-5-14(7-10(12)16)8-11(15)13-6-9(2)3/h9H,4-8H2,1-3H3,(H2,12,16)(H,13,15). The van der Waals surface area contributed by atoms with Gasteiger partial charge in [-0.3, -0.25) is 9.69 Å². The second-order valence-corrected chi connectivity index (χ2v) is 4.90. The number of amides is 1. The molecule has 0 saturated heterocycles. The smallest absolute Gasteiger partial charge is 0.234 e. The number of hydrogen-bond donors (Lipinski definition) is 2. The second-order valence-electron chi connectivity index (χ2n) is 4.37. The van der Waals surface area contributed by atoms with Gasteiger partial charge in [0.2, 0.25) is 5.91 Å².